The standard InChI is InChI=1S/C9H14ClN3O/c1-7-9(12-4-3-11-7)13-5-8(10)6-14-2/h3-4,8H,5-6H2,1-2H3,(H,12,13). The van der Waals surface area contributed by atoms with Crippen LogP contribution < -0.4 is 5.32 Å². The molecule has 0 spiro atoms. The van der Waals surface area contributed by atoms with Crippen LogP contribution in [0, 0.1) is 6.92 Å². The van der Waals surface area contributed by atoms with Crippen molar-refractivity contribution in [1.82, 2.24) is 9.97 Å². The lowest BCUT2D eigenvalue weighted by Crippen LogP contribution is -2.20. The van der Waals surface area contributed by atoms with Crippen LogP contribution in [0.15, 0.2) is 12.4 Å². The van der Waals surface area contributed by atoms with Crippen molar-refractivity contribution in [2.45, 2.75) is 12.3 Å². The number of anilines is 1. The molecule has 14 heavy (non-hydrogen) atoms. The van der Waals surface area contributed by atoms with Crippen molar-refractivity contribution < 1.29 is 4.74 Å². The molecule has 0 radical (unpaired) electrons. The second kappa shape index (κ2) is 5.78. The summed E-state index contributed by atoms with van der Waals surface area (Å²) in [4.78, 5) is 8.24. The molecule has 0 amide bonds. The average Bonchev–Trinajstić information content (AvgIpc) is 2.17. The van der Waals surface area contributed by atoms with Crippen molar-refractivity contribution in [3.63, 3.8) is 0 Å². The van der Waals surface area contributed by atoms with Crippen molar-refractivity contribution >= 4 is 17.4 Å². The quantitative estimate of drug-likeness (QED) is 0.756. The number of aromatic nitrogens is 2. The Labute approximate surface area is 88.7 Å². The molecule has 1 N–H and O–H groups in total. The zero-order valence-electron chi connectivity index (χ0n) is 8.33. The molecule has 0 aliphatic heterocycles. The van der Waals surface area contributed by atoms with Gasteiger partial charge in [-0.05, 0) is 6.92 Å². The molecule has 1 aromatic heterocycles. The van der Waals surface area contributed by atoms with E-state index < -0.39 is 0 Å². The Balaban J connectivity index is 2.41. The molecule has 0 fully saturated rings. The molecule has 1 atom stereocenters. The summed E-state index contributed by atoms with van der Waals surface area (Å²) < 4.78 is 4.91. The molecule has 1 heterocycles. The van der Waals surface area contributed by atoms with Gasteiger partial charge in [0.2, 0.25) is 0 Å². The highest BCUT2D eigenvalue weighted by Crippen LogP contribution is 2.07. The first-order valence-corrected chi connectivity index (χ1v) is 4.82. The minimum absolute atomic E-state index is 0.0543. The number of aryl methyl sites for hydroxylation is 1. The Kier molecular flexibility index (Phi) is 4.62. The topological polar surface area (TPSA) is 47.0 Å². The Bertz CT molecular complexity index is 283. The lowest BCUT2D eigenvalue weighted by molar-refractivity contribution is 0.200. The van der Waals surface area contributed by atoms with Gasteiger partial charge in [-0.2, -0.15) is 0 Å². The number of ether oxygens (including phenoxy) is 1. The van der Waals surface area contributed by atoms with Gasteiger partial charge >= 0.3 is 0 Å². The normalized spacial score (nSPS) is 12.5. The number of hydrogen-bond acceptors (Lipinski definition) is 4. The summed E-state index contributed by atoms with van der Waals surface area (Å²) in [6.45, 7) is 3.04. The molecule has 1 rings (SSSR count). The summed E-state index contributed by atoms with van der Waals surface area (Å²) in [6, 6.07) is 0. The van der Waals surface area contributed by atoms with Gasteiger partial charge in [-0.3, -0.25) is 4.98 Å². The van der Waals surface area contributed by atoms with E-state index in [1.54, 1.807) is 19.5 Å². The third-order valence-corrected chi connectivity index (χ3v) is 2.00. The first-order valence-electron chi connectivity index (χ1n) is 4.38. The van der Waals surface area contributed by atoms with E-state index in [2.05, 4.69) is 15.3 Å². The molecule has 4 nitrogen and oxygen atoms in total. The number of hydrogen-bond donors (Lipinski definition) is 1. The first kappa shape index (κ1) is 11.2. The highest BCUT2D eigenvalue weighted by molar-refractivity contribution is 6.21. The minimum atomic E-state index is -0.0543. The van der Waals surface area contributed by atoms with Gasteiger partial charge in [0.1, 0.15) is 5.82 Å². The molecule has 0 saturated carbocycles. The fourth-order valence-electron chi connectivity index (χ4n) is 1.03. The van der Waals surface area contributed by atoms with Crippen LogP contribution in [0.4, 0.5) is 5.82 Å². The van der Waals surface area contributed by atoms with Gasteiger partial charge in [0.05, 0.1) is 17.7 Å². The van der Waals surface area contributed by atoms with Gasteiger partial charge in [0.25, 0.3) is 0 Å². The average molecular weight is 216 g/mol. The van der Waals surface area contributed by atoms with Crippen LogP contribution in [0.1, 0.15) is 5.69 Å². The summed E-state index contributed by atoms with van der Waals surface area (Å²) >= 11 is 5.95. The van der Waals surface area contributed by atoms with Crippen LogP contribution in [-0.2, 0) is 4.74 Å². The fraction of sp³-hybridized carbons (Fsp3) is 0.556. The second-order valence-electron chi connectivity index (χ2n) is 2.92. The molecule has 0 aromatic carbocycles. The van der Waals surface area contributed by atoms with E-state index in [1.807, 2.05) is 6.92 Å². The Morgan fingerprint density at radius 2 is 2.21 bits per heavy atom. The third kappa shape index (κ3) is 3.47. The van der Waals surface area contributed by atoms with E-state index in [0.717, 1.165) is 11.5 Å². The predicted octanol–water partition coefficient (Wildman–Crippen LogP) is 1.45. The number of alkyl halides is 1. The van der Waals surface area contributed by atoms with Crippen LogP contribution >= 0.6 is 11.6 Å². The van der Waals surface area contributed by atoms with Gasteiger partial charge in [0, 0.05) is 26.0 Å². The van der Waals surface area contributed by atoms with Crippen molar-refractivity contribution in [2.75, 3.05) is 25.6 Å². The van der Waals surface area contributed by atoms with Gasteiger partial charge < -0.3 is 10.1 Å². The summed E-state index contributed by atoms with van der Waals surface area (Å²) in [5, 5.41) is 3.06. The summed E-state index contributed by atoms with van der Waals surface area (Å²) in [5.41, 5.74) is 0.869. The van der Waals surface area contributed by atoms with Crippen LogP contribution in [0.2, 0.25) is 0 Å². The molecule has 5 heteroatoms. The zero-order chi connectivity index (χ0) is 10.4. The van der Waals surface area contributed by atoms with Crippen molar-refractivity contribution in [3.8, 4) is 0 Å². The minimum Gasteiger partial charge on any atom is -0.383 e. The van der Waals surface area contributed by atoms with E-state index in [1.165, 1.54) is 0 Å². The molecule has 1 aromatic rings. The lowest BCUT2D eigenvalue weighted by atomic mass is 10.4. The van der Waals surface area contributed by atoms with E-state index >= 15 is 0 Å². The maximum atomic E-state index is 5.95. The maximum Gasteiger partial charge on any atom is 0.147 e. The van der Waals surface area contributed by atoms with Gasteiger partial charge in [-0.1, -0.05) is 0 Å². The van der Waals surface area contributed by atoms with E-state index in [4.69, 9.17) is 16.3 Å². The monoisotopic (exact) mass is 215 g/mol. The number of halogens is 1. The van der Waals surface area contributed by atoms with E-state index in [9.17, 15) is 0 Å². The predicted molar refractivity (Wildman–Crippen MR) is 56.8 cm³/mol. The smallest absolute Gasteiger partial charge is 0.147 e. The molecular formula is C9H14ClN3O. The van der Waals surface area contributed by atoms with Crippen LogP contribution in [0.25, 0.3) is 0 Å². The van der Waals surface area contributed by atoms with Gasteiger partial charge in [-0.25, -0.2) is 4.98 Å². The number of nitrogens with zero attached hydrogens (tertiary/aromatic N) is 2. The number of methoxy groups -OCH3 is 1. The molecule has 78 valence electrons. The van der Waals surface area contributed by atoms with Crippen molar-refractivity contribution in [1.29, 1.82) is 0 Å². The Morgan fingerprint density at radius 1 is 1.50 bits per heavy atom. The zero-order valence-corrected chi connectivity index (χ0v) is 9.08. The molecule has 0 bridgehead atoms. The molecule has 0 saturated heterocycles. The highest BCUT2D eigenvalue weighted by Gasteiger charge is 2.05. The van der Waals surface area contributed by atoms with E-state index in [0.29, 0.717) is 13.2 Å². The second-order valence-corrected chi connectivity index (χ2v) is 3.54. The van der Waals surface area contributed by atoms with Crippen LogP contribution in [0.5, 0.6) is 0 Å². The van der Waals surface area contributed by atoms with Crippen LogP contribution in [-0.4, -0.2) is 35.6 Å². The summed E-state index contributed by atoms with van der Waals surface area (Å²) in [6.07, 6.45) is 3.31. The lowest BCUT2D eigenvalue weighted by Gasteiger charge is -2.10. The number of rotatable bonds is 5. The third-order valence-electron chi connectivity index (χ3n) is 1.72. The number of nitrogens with one attached hydrogen (secondary N) is 1. The molecule has 0 aliphatic rings. The molecule has 1 unspecified atom stereocenters. The molecule has 0 aliphatic carbocycles. The Morgan fingerprint density at radius 3 is 2.86 bits per heavy atom. The largest absolute Gasteiger partial charge is 0.383 e. The summed E-state index contributed by atoms with van der Waals surface area (Å²) in [7, 11) is 1.63. The van der Waals surface area contributed by atoms with Gasteiger partial charge in [0.15, 0.2) is 0 Å². The molecular weight excluding hydrogens is 202 g/mol. The van der Waals surface area contributed by atoms with Crippen LogP contribution in [0.3, 0.4) is 0 Å². The highest BCUT2D eigenvalue weighted by atomic mass is 35.5. The van der Waals surface area contributed by atoms with Crippen molar-refractivity contribution in [2.24, 2.45) is 0 Å². The van der Waals surface area contributed by atoms with Crippen molar-refractivity contribution in [3.05, 3.63) is 18.1 Å². The SMILES string of the molecule is COCC(Cl)CNc1nccnc1C. The first-order chi connectivity index (χ1) is 6.74. The Hall–Kier alpha value is -0.870. The fourth-order valence-corrected chi connectivity index (χ4v) is 1.23. The van der Waals surface area contributed by atoms with E-state index in [-0.39, 0.29) is 5.38 Å². The summed E-state index contributed by atoms with van der Waals surface area (Å²) in [5.74, 6) is 0.772. The van der Waals surface area contributed by atoms with Gasteiger partial charge in [-0.15, -0.1) is 11.6 Å². The maximum absolute atomic E-state index is 5.95.